The van der Waals surface area contributed by atoms with Gasteiger partial charge in [-0.1, -0.05) is 11.6 Å². The van der Waals surface area contributed by atoms with Gasteiger partial charge in [-0.2, -0.15) is 0 Å². The van der Waals surface area contributed by atoms with Crippen molar-refractivity contribution < 1.29 is 4.79 Å². The zero-order chi connectivity index (χ0) is 11.0. The Hall–Kier alpha value is -1.06. The molecule has 1 aromatic rings. The van der Waals surface area contributed by atoms with Gasteiger partial charge in [-0.05, 0) is 30.3 Å². The second-order valence-electron chi connectivity index (χ2n) is 3.91. The van der Waals surface area contributed by atoms with E-state index in [-0.39, 0.29) is 5.91 Å². The standard InChI is InChI=1S/C11H13ClN2O/c1-7(15)13-11-4-3-10(12)8-5-14(2)6-9(8)11/h3-4H,5-6H2,1-2H3,(H,13,15). The third-order valence-electron chi connectivity index (χ3n) is 2.54. The molecule has 0 spiro atoms. The number of benzene rings is 1. The summed E-state index contributed by atoms with van der Waals surface area (Å²) in [6, 6.07) is 3.70. The Morgan fingerprint density at radius 2 is 2.07 bits per heavy atom. The van der Waals surface area contributed by atoms with Crippen LogP contribution in [0.15, 0.2) is 12.1 Å². The lowest BCUT2D eigenvalue weighted by Gasteiger charge is -2.09. The first kappa shape index (κ1) is 10.5. The smallest absolute Gasteiger partial charge is 0.221 e. The zero-order valence-corrected chi connectivity index (χ0v) is 9.56. The second-order valence-corrected chi connectivity index (χ2v) is 4.31. The molecule has 0 saturated heterocycles. The van der Waals surface area contributed by atoms with Gasteiger partial charge in [-0.3, -0.25) is 9.69 Å². The van der Waals surface area contributed by atoms with Gasteiger partial charge in [0.2, 0.25) is 5.91 Å². The Morgan fingerprint density at radius 3 is 2.73 bits per heavy atom. The molecule has 0 aromatic heterocycles. The molecule has 80 valence electrons. The number of rotatable bonds is 1. The SMILES string of the molecule is CC(=O)Nc1ccc(Cl)c2c1CN(C)C2. The van der Waals surface area contributed by atoms with Gasteiger partial charge < -0.3 is 5.32 Å². The Kier molecular flexibility index (Phi) is 2.67. The fourth-order valence-electron chi connectivity index (χ4n) is 1.92. The first-order valence-electron chi connectivity index (χ1n) is 4.84. The predicted molar refractivity (Wildman–Crippen MR) is 60.9 cm³/mol. The van der Waals surface area contributed by atoms with Gasteiger partial charge in [0.05, 0.1) is 0 Å². The average molecular weight is 225 g/mol. The highest BCUT2D eigenvalue weighted by Crippen LogP contribution is 2.33. The molecule has 1 aromatic carbocycles. The Bertz CT molecular complexity index is 417. The summed E-state index contributed by atoms with van der Waals surface area (Å²) in [5, 5.41) is 3.61. The van der Waals surface area contributed by atoms with Crippen molar-refractivity contribution >= 4 is 23.2 Å². The van der Waals surface area contributed by atoms with Crippen molar-refractivity contribution in [2.24, 2.45) is 0 Å². The Labute approximate surface area is 94.0 Å². The van der Waals surface area contributed by atoms with Crippen LogP contribution in [0.5, 0.6) is 0 Å². The summed E-state index contributed by atoms with van der Waals surface area (Å²) in [7, 11) is 2.04. The molecule has 0 aliphatic carbocycles. The van der Waals surface area contributed by atoms with E-state index < -0.39 is 0 Å². The van der Waals surface area contributed by atoms with Crippen LogP contribution in [0.2, 0.25) is 5.02 Å². The molecule has 0 bridgehead atoms. The summed E-state index contributed by atoms with van der Waals surface area (Å²) in [6.45, 7) is 3.20. The monoisotopic (exact) mass is 224 g/mol. The minimum absolute atomic E-state index is 0.0472. The molecule has 3 nitrogen and oxygen atoms in total. The summed E-state index contributed by atoms with van der Waals surface area (Å²) in [6.07, 6.45) is 0. The van der Waals surface area contributed by atoms with Gasteiger partial charge in [-0.25, -0.2) is 0 Å². The van der Waals surface area contributed by atoms with Gasteiger partial charge in [0, 0.05) is 30.7 Å². The lowest BCUT2D eigenvalue weighted by molar-refractivity contribution is -0.114. The van der Waals surface area contributed by atoms with Gasteiger partial charge >= 0.3 is 0 Å². The van der Waals surface area contributed by atoms with Crippen molar-refractivity contribution in [1.82, 2.24) is 4.90 Å². The number of fused-ring (bicyclic) bond motifs is 1. The maximum atomic E-state index is 11.0. The third-order valence-corrected chi connectivity index (χ3v) is 2.89. The molecular formula is C11H13ClN2O. The third kappa shape index (κ3) is 1.98. The van der Waals surface area contributed by atoms with Crippen LogP contribution in [0.4, 0.5) is 5.69 Å². The molecule has 1 heterocycles. The van der Waals surface area contributed by atoms with Crippen LogP contribution in [-0.4, -0.2) is 17.9 Å². The van der Waals surface area contributed by atoms with Gasteiger partial charge in [0.1, 0.15) is 0 Å². The minimum Gasteiger partial charge on any atom is -0.326 e. The van der Waals surface area contributed by atoms with Crippen LogP contribution in [-0.2, 0) is 17.9 Å². The predicted octanol–water partition coefficient (Wildman–Crippen LogP) is 2.24. The number of anilines is 1. The van der Waals surface area contributed by atoms with Crippen LogP contribution >= 0.6 is 11.6 Å². The first-order chi connectivity index (χ1) is 7.08. The quantitative estimate of drug-likeness (QED) is 0.794. The van der Waals surface area contributed by atoms with E-state index in [2.05, 4.69) is 10.2 Å². The van der Waals surface area contributed by atoms with E-state index in [1.807, 2.05) is 19.2 Å². The summed E-state index contributed by atoms with van der Waals surface area (Å²) in [5.41, 5.74) is 3.15. The lowest BCUT2D eigenvalue weighted by Crippen LogP contribution is -2.10. The molecule has 1 amide bonds. The number of hydrogen-bond acceptors (Lipinski definition) is 2. The topological polar surface area (TPSA) is 32.3 Å². The first-order valence-corrected chi connectivity index (χ1v) is 5.22. The summed E-state index contributed by atoms with van der Waals surface area (Å²) < 4.78 is 0. The number of amides is 1. The summed E-state index contributed by atoms with van der Waals surface area (Å²) >= 11 is 6.10. The molecule has 1 aliphatic heterocycles. The van der Waals surface area contributed by atoms with Crippen molar-refractivity contribution in [2.45, 2.75) is 20.0 Å². The molecule has 0 fully saturated rings. The average Bonchev–Trinajstić information content (AvgIpc) is 2.52. The number of halogens is 1. The van der Waals surface area contributed by atoms with E-state index in [4.69, 9.17) is 11.6 Å². The largest absolute Gasteiger partial charge is 0.326 e. The van der Waals surface area contributed by atoms with E-state index >= 15 is 0 Å². The van der Waals surface area contributed by atoms with E-state index in [0.717, 1.165) is 34.9 Å². The normalized spacial score (nSPS) is 15.1. The van der Waals surface area contributed by atoms with Gasteiger partial charge in [0.25, 0.3) is 0 Å². The van der Waals surface area contributed by atoms with Gasteiger partial charge in [-0.15, -0.1) is 0 Å². The number of nitrogens with zero attached hydrogens (tertiary/aromatic N) is 1. The maximum absolute atomic E-state index is 11.0. The molecule has 0 atom stereocenters. The van der Waals surface area contributed by atoms with Gasteiger partial charge in [0.15, 0.2) is 0 Å². The number of carbonyl (C=O) groups excluding carboxylic acids is 1. The highest BCUT2D eigenvalue weighted by atomic mass is 35.5. The molecule has 1 aliphatic rings. The van der Waals surface area contributed by atoms with Crippen molar-refractivity contribution in [2.75, 3.05) is 12.4 Å². The Morgan fingerprint density at radius 1 is 1.40 bits per heavy atom. The van der Waals surface area contributed by atoms with Crippen molar-refractivity contribution in [1.29, 1.82) is 0 Å². The Balaban J connectivity index is 2.43. The van der Waals surface area contributed by atoms with Crippen LogP contribution in [0.3, 0.4) is 0 Å². The van der Waals surface area contributed by atoms with Crippen LogP contribution < -0.4 is 5.32 Å². The number of carbonyl (C=O) groups is 1. The van der Waals surface area contributed by atoms with Crippen molar-refractivity contribution in [3.63, 3.8) is 0 Å². The molecule has 15 heavy (non-hydrogen) atoms. The van der Waals surface area contributed by atoms with Crippen molar-refractivity contribution in [3.05, 3.63) is 28.3 Å². The minimum atomic E-state index is -0.0472. The van der Waals surface area contributed by atoms with Crippen LogP contribution in [0.1, 0.15) is 18.1 Å². The summed E-state index contributed by atoms with van der Waals surface area (Å²) in [4.78, 5) is 13.2. The van der Waals surface area contributed by atoms with Crippen LogP contribution in [0.25, 0.3) is 0 Å². The molecule has 2 rings (SSSR count). The van der Waals surface area contributed by atoms with Crippen molar-refractivity contribution in [3.8, 4) is 0 Å². The molecule has 0 radical (unpaired) electrons. The molecular weight excluding hydrogens is 212 g/mol. The zero-order valence-electron chi connectivity index (χ0n) is 8.80. The molecule has 0 unspecified atom stereocenters. The van der Waals surface area contributed by atoms with E-state index in [0.29, 0.717) is 0 Å². The molecule has 1 N–H and O–H groups in total. The van der Waals surface area contributed by atoms with E-state index in [1.54, 1.807) is 0 Å². The lowest BCUT2D eigenvalue weighted by atomic mass is 10.1. The maximum Gasteiger partial charge on any atom is 0.221 e. The molecule has 4 heteroatoms. The van der Waals surface area contributed by atoms with E-state index in [1.165, 1.54) is 6.92 Å². The highest BCUT2D eigenvalue weighted by molar-refractivity contribution is 6.31. The summed E-state index contributed by atoms with van der Waals surface area (Å²) in [5.74, 6) is -0.0472. The number of hydrogen-bond donors (Lipinski definition) is 1. The fraction of sp³-hybridized carbons (Fsp3) is 0.364. The highest BCUT2D eigenvalue weighted by Gasteiger charge is 2.21. The second kappa shape index (κ2) is 3.83. The number of nitrogens with one attached hydrogen (secondary N) is 1. The fourth-order valence-corrected chi connectivity index (χ4v) is 2.16. The molecule has 0 saturated carbocycles. The van der Waals surface area contributed by atoms with Crippen LogP contribution in [0, 0.1) is 0 Å². The van der Waals surface area contributed by atoms with E-state index in [9.17, 15) is 4.79 Å².